The van der Waals surface area contributed by atoms with Crippen molar-refractivity contribution in [3.05, 3.63) is 48.6 Å². The first-order valence-corrected chi connectivity index (χ1v) is 25.8. The molecular weight excluding hydrogens is 794 g/mol. The van der Waals surface area contributed by atoms with E-state index in [9.17, 15) is 29.3 Å². The molecule has 0 spiro atoms. The van der Waals surface area contributed by atoms with Crippen LogP contribution in [0.4, 0.5) is 0 Å². The number of hydrogen-bond acceptors (Lipinski definition) is 10. The maximum atomic E-state index is 12.7. The van der Waals surface area contributed by atoms with Crippen LogP contribution >= 0.6 is 7.82 Å². The summed E-state index contributed by atoms with van der Waals surface area (Å²) in [4.78, 5) is 35.0. The van der Waals surface area contributed by atoms with E-state index in [0.29, 0.717) is 6.42 Å². The van der Waals surface area contributed by atoms with Gasteiger partial charge in [-0.2, -0.15) is 0 Å². The SMILES string of the molecule is CCCCC/C=C\C/C=C\C/C=C\CC(O)C(O)CCCC(=O)O[C@H](COC(=O)CCCCCCCCCCCCC/C=C\CCCCCCCC)COP(=O)(O)OCCN. The van der Waals surface area contributed by atoms with Crippen LogP contribution in [0, 0.1) is 0 Å². The number of ether oxygens (including phenoxy) is 2. The van der Waals surface area contributed by atoms with E-state index in [2.05, 4.69) is 50.3 Å². The molecule has 0 aromatic heterocycles. The fourth-order valence-corrected chi connectivity index (χ4v) is 7.38. The first kappa shape index (κ1) is 58.9. The first-order chi connectivity index (χ1) is 29.6. The highest BCUT2D eigenvalue weighted by atomic mass is 31.2. The van der Waals surface area contributed by atoms with Gasteiger partial charge in [0.1, 0.15) is 6.61 Å². The molecule has 12 heteroatoms. The van der Waals surface area contributed by atoms with E-state index < -0.39 is 44.7 Å². The predicted molar refractivity (Wildman–Crippen MR) is 250 cm³/mol. The number of phosphoric ester groups is 1. The highest BCUT2D eigenvalue weighted by Crippen LogP contribution is 2.43. The maximum absolute atomic E-state index is 12.7. The fraction of sp³-hybridized carbons (Fsp3) is 0.796. The lowest BCUT2D eigenvalue weighted by molar-refractivity contribution is -0.161. The Labute approximate surface area is 372 Å². The minimum absolute atomic E-state index is 0.00728. The number of esters is 2. The summed E-state index contributed by atoms with van der Waals surface area (Å²) in [5.41, 5.74) is 5.34. The summed E-state index contributed by atoms with van der Waals surface area (Å²) in [5, 5.41) is 20.7. The summed E-state index contributed by atoms with van der Waals surface area (Å²) < 4.78 is 32.7. The Morgan fingerprint density at radius 2 is 1.02 bits per heavy atom. The van der Waals surface area contributed by atoms with Crippen molar-refractivity contribution in [3.63, 3.8) is 0 Å². The standard InChI is InChI=1S/C49H90NO10P/c1-3-5-7-9-11-13-15-17-18-19-20-21-22-23-24-25-27-29-31-33-35-39-48(53)57-43-45(44-59-61(55,56)58-42-41-50)60-49(54)40-36-38-47(52)46(51)37-34-32-30-28-26-16-14-12-10-8-6-4-2/h12,14,17-18,26,28,32,34,45-47,51-52H,3-11,13,15-16,19-25,27,29-31,33,35-44,50H2,1-2H3,(H,55,56)/b14-12-,18-17-,28-26-,34-32-/t45-,46?,47?/m1/s1. The van der Waals surface area contributed by atoms with Crippen molar-refractivity contribution < 1.29 is 47.8 Å². The molecule has 356 valence electrons. The van der Waals surface area contributed by atoms with Crippen molar-refractivity contribution in [1.82, 2.24) is 0 Å². The van der Waals surface area contributed by atoms with Crippen molar-refractivity contribution in [2.75, 3.05) is 26.4 Å². The molecule has 0 aromatic rings. The Bertz CT molecular complexity index is 1180. The molecule has 0 aliphatic carbocycles. The van der Waals surface area contributed by atoms with E-state index in [4.69, 9.17) is 24.3 Å². The summed E-state index contributed by atoms with van der Waals surface area (Å²) in [5.74, 6) is -1.11. The quantitative estimate of drug-likeness (QED) is 0.0198. The van der Waals surface area contributed by atoms with Crippen LogP contribution < -0.4 is 5.73 Å². The number of hydrogen-bond donors (Lipinski definition) is 4. The Balaban J connectivity index is 4.28. The van der Waals surface area contributed by atoms with Gasteiger partial charge in [-0.25, -0.2) is 4.57 Å². The topological polar surface area (TPSA) is 175 Å². The van der Waals surface area contributed by atoms with Gasteiger partial charge in [-0.15, -0.1) is 0 Å². The van der Waals surface area contributed by atoms with Crippen molar-refractivity contribution in [2.24, 2.45) is 5.73 Å². The number of allylic oxidation sites excluding steroid dienone is 7. The van der Waals surface area contributed by atoms with Crippen molar-refractivity contribution in [2.45, 2.75) is 225 Å². The van der Waals surface area contributed by atoms with Gasteiger partial charge in [0.2, 0.25) is 0 Å². The second kappa shape index (κ2) is 44.5. The molecule has 3 unspecified atom stereocenters. The lowest BCUT2D eigenvalue weighted by Crippen LogP contribution is -2.30. The highest BCUT2D eigenvalue weighted by molar-refractivity contribution is 7.47. The lowest BCUT2D eigenvalue weighted by Gasteiger charge is -2.20. The van der Waals surface area contributed by atoms with Crippen molar-refractivity contribution in [3.8, 4) is 0 Å². The summed E-state index contributed by atoms with van der Waals surface area (Å²) in [6.45, 7) is 3.38. The summed E-state index contributed by atoms with van der Waals surface area (Å²) in [7, 11) is -4.46. The number of carbonyl (C=O) groups excluding carboxylic acids is 2. The molecule has 0 saturated heterocycles. The predicted octanol–water partition coefficient (Wildman–Crippen LogP) is 12.2. The number of carbonyl (C=O) groups is 2. The summed E-state index contributed by atoms with van der Waals surface area (Å²) in [6, 6.07) is 0. The highest BCUT2D eigenvalue weighted by Gasteiger charge is 2.26. The molecular formula is C49H90NO10P. The number of rotatable bonds is 45. The molecule has 0 aromatic carbocycles. The van der Waals surface area contributed by atoms with Crippen LogP contribution in [0.1, 0.15) is 206 Å². The van der Waals surface area contributed by atoms with Gasteiger partial charge in [-0.05, 0) is 77.0 Å². The third-order valence-corrected chi connectivity index (χ3v) is 11.4. The van der Waals surface area contributed by atoms with Gasteiger partial charge in [-0.3, -0.25) is 18.6 Å². The van der Waals surface area contributed by atoms with E-state index >= 15 is 0 Å². The van der Waals surface area contributed by atoms with Crippen LogP contribution in [0.25, 0.3) is 0 Å². The zero-order chi connectivity index (χ0) is 44.9. The molecule has 0 saturated carbocycles. The normalized spacial score (nSPS) is 14.7. The van der Waals surface area contributed by atoms with E-state index in [1.165, 1.54) is 116 Å². The van der Waals surface area contributed by atoms with Gasteiger partial charge in [0.25, 0.3) is 0 Å². The number of unbranched alkanes of at least 4 members (excludes halogenated alkanes) is 20. The molecule has 0 radical (unpaired) electrons. The molecule has 4 atom stereocenters. The molecule has 0 rings (SSSR count). The Hall–Kier alpha value is -2.11. The van der Waals surface area contributed by atoms with Gasteiger partial charge in [0, 0.05) is 19.4 Å². The van der Waals surface area contributed by atoms with Crippen LogP contribution in [0.5, 0.6) is 0 Å². The second-order valence-electron chi connectivity index (χ2n) is 16.3. The summed E-state index contributed by atoms with van der Waals surface area (Å²) >= 11 is 0. The van der Waals surface area contributed by atoms with Crippen LogP contribution in [-0.2, 0) is 32.7 Å². The van der Waals surface area contributed by atoms with E-state index in [0.717, 1.165) is 38.5 Å². The first-order valence-electron chi connectivity index (χ1n) is 24.3. The van der Waals surface area contributed by atoms with Crippen molar-refractivity contribution >= 4 is 19.8 Å². The molecule has 5 N–H and O–H groups in total. The van der Waals surface area contributed by atoms with Gasteiger partial charge >= 0.3 is 19.8 Å². The Morgan fingerprint density at radius 3 is 1.59 bits per heavy atom. The molecule has 0 aliphatic heterocycles. The zero-order valence-electron chi connectivity index (χ0n) is 38.6. The van der Waals surface area contributed by atoms with Crippen LogP contribution in [0.3, 0.4) is 0 Å². The summed E-state index contributed by atoms with van der Waals surface area (Å²) in [6.07, 6.45) is 44.6. The molecule has 0 fully saturated rings. The number of nitrogens with two attached hydrogens (primary N) is 1. The monoisotopic (exact) mass is 884 g/mol. The lowest BCUT2D eigenvalue weighted by atomic mass is 10.0. The Kier molecular flexibility index (Phi) is 43.0. The number of aliphatic hydroxyl groups is 2. The smallest absolute Gasteiger partial charge is 0.462 e. The fourth-order valence-electron chi connectivity index (χ4n) is 6.62. The maximum Gasteiger partial charge on any atom is 0.472 e. The number of phosphoric acid groups is 1. The van der Waals surface area contributed by atoms with Crippen LogP contribution in [-0.4, -0.2) is 71.7 Å². The van der Waals surface area contributed by atoms with Gasteiger partial charge < -0.3 is 30.3 Å². The minimum atomic E-state index is -4.46. The van der Waals surface area contributed by atoms with Gasteiger partial charge in [0.05, 0.1) is 25.4 Å². The second-order valence-corrected chi connectivity index (χ2v) is 17.7. The molecule has 61 heavy (non-hydrogen) atoms. The molecule has 11 nitrogen and oxygen atoms in total. The molecule has 0 bridgehead atoms. The minimum Gasteiger partial charge on any atom is -0.462 e. The molecule has 0 aliphatic rings. The molecule has 0 amide bonds. The average molecular weight is 884 g/mol. The molecule has 0 heterocycles. The average Bonchev–Trinajstić information content (AvgIpc) is 3.24. The largest absolute Gasteiger partial charge is 0.472 e. The van der Waals surface area contributed by atoms with Crippen LogP contribution in [0.2, 0.25) is 0 Å². The zero-order valence-corrected chi connectivity index (χ0v) is 39.5. The number of aliphatic hydroxyl groups excluding tert-OH is 2. The van der Waals surface area contributed by atoms with Gasteiger partial charge in [-0.1, -0.05) is 165 Å². The van der Waals surface area contributed by atoms with E-state index in [1.54, 1.807) is 0 Å². The van der Waals surface area contributed by atoms with E-state index in [1.807, 2.05) is 12.2 Å². The van der Waals surface area contributed by atoms with E-state index in [-0.39, 0.29) is 51.9 Å². The third kappa shape index (κ3) is 42.9. The van der Waals surface area contributed by atoms with Crippen LogP contribution in [0.15, 0.2) is 48.6 Å². The Morgan fingerprint density at radius 1 is 0.557 bits per heavy atom. The van der Waals surface area contributed by atoms with Crippen molar-refractivity contribution in [1.29, 1.82) is 0 Å². The van der Waals surface area contributed by atoms with Gasteiger partial charge in [0.15, 0.2) is 6.10 Å². The third-order valence-electron chi connectivity index (χ3n) is 10.4.